The van der Waals surface area contributed by atoms with Gasteiger partial charge in [0.1, 0.15) is 0 Å². The van der Waals surface area contributed by atoms with Gasteiger partial charge < -0.3 is 5.73 Å². The standard InChI is InChI=1S/C14H14.C8H10.C2H6N2/c1-2-12-8-10-14(11-9-12)13-6-4-3-5-7-13;1-2-8-6-4-3-5-7-8;1-4-2-3/h3-11H,2H2,1H3;3-7H,2H2,1H3;2H,1H3,(H2,3,4). The van der Waals surface area contributed by atoms with Crippen LogP contribution in [0.2, 0.25) is 0 Å². The fourth-order valence-electron chi connectivity index (χ4n) is 2.28. The van der Waals surface area contributed by atoms with Gasteiger partial charge in [0.15, 0.2) is 0 Å². The van der Waals surface area contributed by atoms with Gasteiger partial charge >= 0.3 is 0 Å². The van der Waals surface area contributed by atoms with Crippen LogP contribution < -0.4 is 5.73 Å². The van der Waals surface area contributed by atoms with E-state index in [0.717, 1.165) is 12.8 Å². The van der Waals surface area contributed by atoms with E-state index >= 15 is 0 Å². The Labute approximate surface area is 158 Å². The maximum atomic E-state index is 4.74. The summed E-state index contributed by atoms with van der Waals surface area (Å²) in [5.74, 6) is 0. The first-order valence-corrected chi connectivity index (χ1v) is 9.05. The number of nitrogens with zero attached hydrogens (tertiary/aromatic N) is 1. The monoisotopic (exact) mass is 346 g/mol. The summed E-state index contributed by atoms with van der Waals surface area (Å²) < 4.78 is 0. The van der Waals surface area contributed by atoms with Crippen LogP contribution in [0.4, 0.5) is 0 Å². The van der Waals surface area contributed by atoms with Gasteiger partial charge in [-0.1, -0.05) is 98.8 Å². The molecule has 0 saturated carbocycles. The molecule has 0 fully saturated rings. The van der Waals surface area contributed by atoms with Crippen molar-refractivity contribution in [2.24, 2.45) is 10.7 Å². The summed E-state index contributed by atoms with van der Waals surface area (Å²) in [5.41, 5.74) is 10.1. The Hall–Kier alpha value is -2.87. The zero-order valence-corrected chi connectivity index (χ0v) is 16.1. The minimum Gasteiger partial charge on any atom is -0.390 e. The van der Waals surface area contributed by atoms with Crippen LogP contribution in [0.1, 0.15) is 25.0 Å². The van der Waals surface area contributed by atoms with Crippen molar-refractivity contribution in [3.63, 3.8) is 0 Å². The Bertz CT molecular complexity index is 713. The molecule has 3 aromatic rings. The second-order valence-corrected chi connectivity index (χ2v) is 5.66. The quantitative estimate of drug-likeness (QED) is 0.474. The molecule has 0 amide bonds. The first kappa shape index (κ1) is 21.2. The zero-order valence-electron chi connectivity index (χ0n) is 16.1. The normalized spacial score (nSPS) is 9.65. The molecule has 0 aromatic heterocycles. The van der Waals surface area contributed by atoms with Crippen molar-refractivity contribution in [2.45, 2.75) is 26.7 Å². The summed E-state index contributed by atoms with van der Waals surface area (Å²) in [6.07, 6.45) is 3.50. The van der Waals surface area contributed by atoms with Crippen LogP contribution in [0.15, 0.2) is 89.9 Å². The Kier molecular flexibility index (Phi) is 10.9. The Morgan fingerprint density at radius 3 is 1.42 bits per heavy atom. The highest BCUT2D eigenvalue weighted by Gasteiger charge is 1.95. The van der Waals surface area contributed by atoms with Crippen LogP contribution in [0.5, 0.6) is 0 Å². The second-order valence-electron chi connectivity index (χ2n) is 5.66. The Morgan fingerprint density at radius 1 is 0.654 bits per heavy atom. The zero-order chi connectivity index (χ0) is 19.0. The fourth-order valence-corrected chi connectivity index (χ4v) is 2.28. The van der Waals surface area contributed by atoms with Gasteiger partial charge in [-0.15, -0.1) is 0 Å². The van der Waals surface area contributed by atoms with Crippen LogP contribution in [-0.2, 0) is 12.8 Å². The minimum atomic E-state index is 1.11. The first-order chi connectivity index (χ1) is 12.7. The van der Waals surface area contributed by atoms with Crippen molar-refractivity contribution in [3.05, 3.63) is 96.1 Å². The Morgan fingerprint density at radius 2 is 1.04 bits per heavy atom. The molecule has 2 N–H and O–H groups in total. The number of aliphatic imine (C=N–C) groups is 1. The highest BCUT2D eigenvalue weighted by molar-refractivity contribution is 5.63. The lowest BCUT2D eigenvalue weighted by molar-refractivity contribution is 1.14. The van der Waals surface area contributed by atoms with Crippen molar-refractivity contribution in [3.8, 4) is 11.1 Å². The molecule has 0 aliphatic carbocycles. The van der Waals surface area contributed by atoms with Gasteiger partial charge in [0.2, 0.25) is 0 Å². The van der Waals surface area contributed by atoms with Gasteiger partial charge in [-0.25, -0.2) is 0 Å². The van der Waals surface area contributed by atoms with Crippen LogP contribution in [0, 0.1) is 0 Å². The molecule has 0 saturated heterocycles. The molecule has 0 spiro atoms. The van der Waals surface area contributed by atoms with Crippen molar-refractivity contribution in [1.82, 2.24) is 0 Å². The van der Waals surface area contributed by atoms with E-state index in [1.807, 2.05) is 12.1 Å². The van der Waals surface area contributed by atoms with E-state index in [1.54, 1.807) is 7.05 Å². The predicted octanol–water partition coefficient (Wildman–Crippen LogP) is 5.77. The van der Waals surface area contributed by atoms with Crippen LogP contribution in [0.25, 0.3) is 11.1 Å². The van der Waals surface area contributed by atoms with E-state index in [4.69, 9.17) is 5.73 Å². The van der Waals surface area contributed by atoms with Crippen molar-refractivity contribution < 1.29 is 0 Å². The summed E-state index contributed by atoms with van der Waals surface area (Å²) in [4.78, 5) is 3.39. The van der Waals surface area contributed by atoms with Crippen LogP contribution in [-0.4, -0.2) is 13.4 Å². The fraction of sp³-hybridized carbons (Fsp3) is 0.208. The number of nitrogens with two attached hydrogens (primary N) is 1. The summed E-state index contributed by atoms with van der Waals surface area (Å²) in [6.45, 7) is 4.34. The molecule has 26 heavy (non-hydrogen) atoms. The minimum absolute atomic E-state index is 1.11. The van der Waals surface area contributed by atoms with E-state index < -0.39 is 0 Å². The molecular formula is C24H30N2. The topological polar surface area (TPSA) is 38.4 Å². The van der Waals surface area contributed by atoms with Crippen molar-refractivity contribution in [2.75, 3.05) is 7.05 Å². The van der Waals surface area contributed by atoms with Gasteiger partial charge in [-0.05, 0) is 35.1 Å². The third-order valence-corrected chi connectivity index (χ3v) is 3.87. The molecule has 0 atom stereocenters. The lowest BCUT2D eigenvalue weighted by atomic mass is 10.0. The molecule has 0 radical (unpaired) electrons. The maximum Gasteiger partial charge on any atom is 0.0794 e. The molecule has 3 aromatic carbocycles. The number of hydrogen-bond acceptors (Lipinski definition) is 1. The lowest BCUT2D eigenvalue weighted by Crippen LogP contribution is -1.84. The third kappa shape index (κ3) is 8.29. The molecule has 0 aliphatic heterocycles. The number of aryl methyl sites for hydroxylation is 2. The van der Waals surface area contributed by atoms with Gasteiger partial charge in [-0.3, -0.25) is 4.99 Å². The molecule has 0 heterocycles. The SMILES string of the molecule is CCc1ccc(-c2ccccc2)cc1.CCc1ccccc1.CN=CN. The van der Waals surface area contributed by atoms with E-state index in [2.05, 4.69) is 91.6 Å². The molecule has 0 bridgehead atoms. The summed E-state index contributed by atoms with van der Waals surface area (Å²) >= 11 is 0. The number of benzene rings is 3. The highest BCUT2D eigenvalue weighted by atomic mass is 14.7. The van der Waals surface area contributed by atoms with Crippen LogP contribution in [0.3, 0.4) is 0 Å². The maximum absolute atomic E-state index is 4.74. The summed E-state index contributed by atoms with van der Waals surface area (Å²) in [7, 11) is 1.62. The Balaban J connectivity index is 0.000000238. The molecule has 136 valence electrons. The van der Waals surface area contributed by atoms with E-state index in [9.17, 15) is 0 Å². The average molecular weight is 347 g/mol. The van der Waals surface area contributed by atoms with Crippen LogP contribution >= 0.6 is 0 Å². The smallest absolute Gasteiger partial charge is 0.0794 e. The molecule has 0 aliphatic rings. The van der Waals surface area contributed by atoms with Gasteiger partial charge in [-0.2, -0.15) is 0 Å². The molecular weight excluding hydrogens is 316 g/mol. The van der Waals surface area contributed by atoms with Gasteiger partial charge in [0.05, 0.1) is 6.34 Å². The molecule has 3 rings (SSSR count). The van der Waals surface area contributed by atoms with E-state index in [1.165, 1.54) is 28.6 Å². The van der Waals surface area contributed by atoms with E-state index in [-0.39, 0.29) is 0 Å². The lowest BCUT2D eigenvalue weighted by Gasteiger charge is -2.02. The second kappa shape index (κ2) is 13.4. The van der Waals surface area contributed by atoms with Crippen molar-refractivity contribution in [1.29, 1.82) is 0 Å². The predicted molar refractivity (Wildman–Crippen MR) is 116 cm³/mol. The summed E-state index contributed by atoms with van der Waals surface area (Å²) in [6, 6.07) is 29.7. The van der Waals surface area contributed by atoms with Gasteiger partial charge in [0, 0.05) is 7.05 Å². The third-order valence-electron chi connectivity index (χ3n) is 3.87. The van der Waals surface area contributed by atoms with Gasteiger partial charge in [0.25, 0.3) is 0 Å². The number of rotatable bonds is 3. The number of hydrogen-bond donors (Lipinski definition) is 1. The molecule has 0 unspecified atom stereocenters. The highest BCUT2D eigenvalue weighted by Crippen LogP contribution is 2.19. The van der Waals surface area contributed by atoms with E-state index in [0.29, 0.717) is 0 Å². The molecule has 2 heteroatoms. The molecule has 2 nitrogen and oxygen atoms in total. The largest absolute Gasteiger partial charge is 0.390 e. The summed E-state index contributed by atoms with van der Waals surface area (Å²) in [5, 5.41) is 0. The average Bonchev–Trinajstić information content (AvgIpc) is 2.75. The van der Waals surface area contributed by atoms with Crippen molar-refractivity contribution >= 4 is 6.34 Å². The first-order valence-electron chi connectivity index (χ1n) is 9.05.